The molecule has 104 valence electrons. The highest BCUT2D eigenvalue weighted by molar-refractivity contribution is 5.85. The largest absolute Gasteiger partial charge is 0.312 e. The van der Waals surface area contributed by atoms with Gasteiger partial charge in [0.2, 0.25) is 0 Å². The molecule has 3 heterocycles. The summed E-state index contributed by atoms with van der Waals surface area (Å²) in [4.78, 5) is 13.5. The van der Waals surface area contributed by atoms with Crippen LogP contribution in [0.1, 0.15) is 35.7 Å². The van der Waals surface area contributed by atoms with E-state index in [1.165, 1.54) is 24.0 Å². The minimum atomic E-state index is 0. The Morgan fingerprint density at radius 2 is 1.80 bits per heavy atom. The van der Waals surface area contributed by atoms with Gasteiger partial charge in [0, 0.05) is 36.6 Å². The Hall–Kier alpha value is -1.52. The number of aromatic nitrogens is 3. The Morgan fingerprint density at radius 1 is 1.00 bits per heavy atom. The van der Waals surface area contributed by atoms with Crippen molar-refractivity contribution >= 4 is 12.4 Å². The van der Waals surface area contributed by atoms with E-state index in [4.69, 9.17) is 0 Å². The topological polar surface area (TPSA) is 50.7 Å². The lowest BCUT2D eigenvalue weighted by molar-refractivity contribution is 0.641. The van der Waals surface area contributed by atoms with Crippen LogP contribution in [0.2, 0.25) is 0 Å². The van der Waals surface area contributed by atoms with Crippen molar-refractivity contribution in [2.45, 2.75) is 31.7 Å². The van der Waals surface area contributed by atoms with Crippen LogP contribution < -0.4 is 5.32 Å². The zero-order valence-electron chi connectivity index (χ0n) is 11.2. The van der Waals surface area contributed by atoms with Crippen LogP contribution >= 0.6 is 12.4 Å². The summed E-state index contributed by atoms with van der Waals surface area (Å²) >= 11 is 0. The number of rotatable bonds is 2. The molecule has 2 aromatic heterocycles. The molecule has 0 saturated heterocycles. The highest BCUT2D eigenvalue weighted by atomic mass is 35.5. The van der Waals surface area contributed by atoms with E-state index in [1.807, 2.05) is 18.6 Å². The maximum atomic E-state index is 4.53. The lowest BCUT2D eigenvalue weighted by Gasteiger charge is -2.17. The first kappa shape index (κ1) is 13.5. The molecule has 5 heteroatoms. The summed E-state index contributed by atoms with van der Waals surface area (Å²) in [6.07, 6.45) is 9.36. The van der Waals surface area contributed by atoms with Gasteiger partial charge in [-0.1, -0.05) is 0 Å². The highest BCUT2D eigenvalue weighted by Gasteiger charge is 2.26. The fourth-order valence-electron chi connectivity index (χ4n) is 2.54. The molecule has 0 spiro atoms. The molecule has 4 rings (SSSR count). The van der Waals surface area contributed by atoms with Crippen molar-refractivity contribution in [2.24, 2.45) is 0 Å². The van der Waals surface area contributed by atoms with Crippen molar-refractivity contribution in [1.29, 1.82) is 0 Å². The molecule has 4 nitrogen and oxygen atoms in total. The lowest BCUT2D eigenvalue weighted by atomic mass is 10.0. The Kier molecular flexibility index (Phi) is 3.68. The summed E-state index contributed by atoms with van der Waals surface area (Å²) in [5.74, 6) is 1.60. The molecule has 1 fully saturated rings. The van der Waals surface area contributed by atoms with E-state index in [2.05, 4.69) is 26.3 Å². The standard InChI is InChI=1S/C15H16N4.ClH/c1-2-10(1)15-18-8-13(9-19-15)14-5-11-3-4-16-6-12(11)7-17-14;/h5,7-10,16H,1-4,6H2;1H. The third-order valence-corrected chi connectivity index (χ3v) is 3.88. The fourth-order valence-corrected chi connectivity index (χ4v) is 2.54. The van der Waals surface area contributed by atoms with E-state index in [0.29, 0.717) is 5.92 Å². The van der Waals surface area contributed by atoms with Gasteiger partial charge in [0.05, 0.1) is 5.69 Å². The minimum Gasteiger partial charge on any atom is -0.312 e. The Balaban J connectivity index is 0.00000121. The second kappa shape index (κ2) is 5.46. The summed E-state index contributed by atoms with van der Waals surface area (Å²) in [7, 11) is 0. The van der Waals surface area contributed by atoms with E-state index < -0.39 is 0 Å². The van der Waals surface area contributed by atoms with Crippen LogP contribution in [0.4, 0.5) is 0 Å². The molecule has 0 amide bonds. The van der Waals surface area contributed by atoms with E-state index in [9.17, 15) is 0 Å². The van der Waals surface area contributed by atoms with Crippen molar-refractivity contribution in [3.8, 4) is 11.3 Å². The second-order valence-electron chi connectivity index (χ2n) is 5.37. The van der Waals surface area contributed by atoms with Gasteiger partial charge >= 0.3 is 0 Å². The van der Waals surface area contributed by atoms with Gasteiger partial charge in [-0.2, -0.15) is 0 Å². The molecule has 1 aliphatic carbocycles. The zero-order valence-corrected chi connectivity index (χ0v) is 12.0. The van der Waals surface area contributed by atoms with Gasteiger partial charge in [0.1, 0.15) is 5.82 Å². The van der Waals surface area contributed by atoms with E-state index in [-0.39, 0.29) is 12.4 Å². The fraction of sp³-hybridized carbons (Fsp3) is 0.400. The first-order chi connectivity index (χ1) is 9.40. The molecular formula is C15H17ClN4. The SMILES string of the molecule is Cl.c1nc(C2CC2)ncc1-c1cc2c(cn1)CNCC2. The van der Waals surface area contributed by atoms with Crippen LogP contribution in [0.5, 0.6) is 0 Å². The zero-order chi connectivity index (χ0) is 12.7. The number of halogens is 1. The molecule has 0 atom stereocenters. The maximum absolute atomic E-state index is 4.53. The monoisotopic (exact) mass is 288 g/mol. The van der Waals surface area contributed by atoms with Gasteiger partial charge in [0.15, 0.2) is 0 Å². The van der Waals surface area contributed by atoms with Crippen molar-refractivity contribution in [3.05, 3.63) is 41.6 Å². The summed E-state index contributed by atoms with van der Waals surface area (Å²) in [5.41, 5.74) is 4.72. The highest BCUT2D eigenvalue weighted by Crippen LogP contribution is 2.37. The van der Waals surface area contributed by atoms with Crippen LogP contribution in [-0.2, 0) is 13.0 Å². The Labute approximate surface area is 124 Å². The molecule has 20 heavy (non-hydrogen) atoms. The Bertz CT molecular complexity index is 608. The Morgan fingerprint density at radius 3 is 2.55 bits per heavy atom. The molecule has 0 bridgehead atoms. The number of nitrogens with zero attached hydrogens (tertiary/aromatic N) is 3. The van der Waals surface area contributed by atoms with Crippen LogP contribution in [0, 0.1) is 0 Å². The van der Waals surface area contributed by atoms with Gasteiger partial charge in [-0.25, -0.2) is 9.97 Å². The van der Waals surface area contributed by atoms with Crippen molar-refractivity contribution < 1.29 is 0 Å². The van der Waals surface area contributed by atoms with Crippen LogP contribution in [-0.4, -0.2) is 21.5 Å². The number of fused-ring (bicyclic) bond motifs is 1. The minimum absolute atomic E-state index is 0. The third-order valence-electron chi connectivity index (χ3n) is 3.88. The second-order valence-corrected chi connectivity index (χ2v) is 5.37. The number of nitrogens with one attached hydrogen (secondary N) is 1. The molecule has 2 aliphatic rings. The van der Waals surface area contributed by atoms with Crippen LogP contribution in [0.3, 0.4) is 0 Å². The van der Waals surface area contributed by atoms with Crippen molar-refractivity contribution in [2.75, 3.05) is 6.54 Å². The predicted octanol–water partition coefficient (Wildman–Crippen LogP) is 2.48. The average Bonchev–Trinajstić information content (AvgIpc) is 3.32. The molecular weight excluding hydrogens is 272 g/mol. The third kappa shape index (κ3) is 2.53. The average molecular weight is 289 g/mol. The van der Waals surface area contributed by atoms with Crippen molar-refractivity contribution in [3.63, 3.8) is 0 Å². The molecule has 1 saturated carbocycles. The van der Waals surface area contributed by atoms with Crippen LogP contribution in [0.15, 0.2) is 24.7 Å². The first-order valence-corrected chi connectivity index (χ1v) is 6.91. The maximum Gasteiger partial charge on any atom is 0.131 e. The summed E-state index contributed by atoms with van der Waals surface area (Å²) in [6, 6.07) is 2.19. The summed E-state index contributed by atoms with van der Waals surface area (Å²) in [6.45, 7) is 1.98. The smallest absolute Gasteiger partial charge is 0.131 e. The number of hydrogen-bond acceptors (Lipinski definition) is 4. The van der Waals surface area contributed by atoms with Gasteiger partial charge in [-0.05, 0) is 43.0 Å². The van der Waals surface area contributed by atoms with Gasteiger partial charge in [0.25, 0.3) is 0 Å². The molecule has 1 aliphatic heterocycles. The van der Waals surface area contributed by atoms with Gasteiger partial charge in [-0.15, -0.1) is 12.4 Å². The number of pyridine rings is 1. The molecule has 0 radical (unpaired) electrons. The van der Waals surface area contributed by atoms with E-state index in [1.54, 1.807) is 0 Å². The lowest BCUT2D eigenvalue weighted by Crippen LogP contribution is -2.23. The van der Waals surface area contributed by atoms with Gasteiger partial charge in [-0.3, -0.25) is 4.98 Å². The summed E-state index contributed by atoms with van der Waals surface area (Å²) < 4.78 is 0. The quantitative estimate of drug-likeness (QED) is 0.922. The van der Waals surface area contributed by atoms with Crippen molar-refractivity contribution in [1.82, 2.24) is 20.3 Å². The first-order valence-electron chi connectivity index (χ1n) is 6.91. The normalized spacial score (nSPS) is 17.2. The molecule has 0 aromatic carbocycles. The van der Waals surface area contributed by atoms with E-state index >= 15 is 0 Å². The molecule has 1 N–H and O–H groups in total. The molecule has 2 aromatic rings. The van der Waals surface area contributed by atoms with Crippen LogP contribution in [0.25, 0.3) is 11.3 Å². The summed E-state index contributed by atoms with van der Waals surface area (Å²) in [5, 5.41) is 3.36. The number of hydrogen-bond donors (Lipinski definition) is 1. The predicted molar refractivity (Wildman–Crippen MR) is 79.9 cm³/mol. The van der Waals surface area contributed by atoms with Gasteiger partial charge < -0.3 is 5.32 Å². The molecule has 0 unspecified atom stereocenters. The van der Waals surface area contributed by atoms with E-state index in [0.717, 1.165) is 36.6 Å².